The standard InChI is InChI=1S/C9H10Cl2O/c1-7-2-4-8(5-3-7)9(10,11)6-12/h2-5,12H,6H2,1H3. The summed E-state index contributed by atoms with van der Waals surface area (Å²) in [6, 6.07) is 7.44. The lowest BCUT2D eigenvalue weighted by atomic mass is 10.1. The summed E-state index contributed by atoms with van der Waals surface area (Å²) in [5, 5.41) is 8.85. The lowest BCUT2D eigenvalue weighted by Gasteiger charge is -2.16. The molecular weight excluding hydrogens is 195 g/mol. The number of halogens is 2. The zero-order valence-corrected chi connectivity index (χ0v) is 8.23. The largest absolute Gasteiger partial charge is 0.393 e. The highest BCUT2D eigenvalue weighted by Crippen LogP contribution is 2.32. The molecule has 0 spiro atoms. The molecule has 0 bridgehead atoms. The molecule has 1 aromatic carbocycles. The molecule has 3 heteroatoms. The normalized spacial score (nSPS) is 11.7. The van der Waals surface area contributed by atoms with E-state index in [0.717, 1.165) is 11.1 Å². The van der Waals surface area contributed by atoms with Crippen LogP contribution >= 0.6 is 23.2 Å². The van der Waals surface area contributed by atoms with Crippen molar-refractivity contribution in [2.75, 3.05) is 6.61 Å². The van der Waals surface area contributed by atoms with Crippen molar-refractivity contribution in [2.24, 2.45) is 0 Å². The van der Waals surface area contributed by atoms with Gasteiger partial charge >= 0.3 is 0 Å². The van der Waals surface area contributed by atoms with E-state index in [4.69, 9.17) is 28.3 Å². The van der Waals surface area contributed by atoms with Crippen molar-refractivity contribution in [3.8, 4) is 0 Å². The molecule has 66 valence electrons. The molecule has 1 rings (SSSR count). The maximum Gasteiger partial charge on any atom is 0.166 e. The molecule has 0 aliphatic rings. The predicted octanol–water partition coefficient (Wildman–Crippen LogP) is 2.62. The van der Waals surface area contributed by atoms with Crippen LogP contribution in [0.25, 0.3) is 0 Å². The molecule has 1 nitrogen and oxygen atoms in total. The fourth-order valence-electron chi connectivity index (χ4n) is 0.889. The molecule has 0 saturated carbocycles. The Hall–Kier alpha value is -0.240. The number of aliphatic hydroxyl groups excluding tert-OH is 1. The molecule has 0 radical (unpaired) electrons. The first-order chi connectivity index (χ1) is 5.56. The second-order valence-electron chi connectivity index (χ2n) is 2.73. The zero-order chi connectivity index (χ0) is 9.19. The molecule has 0 amide bonds. The van der Waals surface area contributed by atoms with Crippen molar-refractivity contribution in [1.29, 1.82) is 0 Å². The van der Waals surface area contributed by atoms with Crippen LogP contribution in [0.5, 0.6) is 0 Å². The average molecular weight is 205 g/mol. The average Bonchev–Trinajstić information content (AvgIpc) is 2.05. The molecular formula is C9H10Cl2O. The number of alkyl halides is 2. The second kappa shape index (κ2) is 3.65. The van der Waals surface area contributed by atoms with E-state index in [1.54, 1.807) is 0 Å². The number of benzene rings is 1. The van der Waals surface area contributed by atoms with Gasteiger partial charge in [0.2, 0.25) is 0 Å². The molecule has 1 aromatic rings. The minimum atomic E-state index is -1.17. The number of aryl methyl sites for hydroxylation is 1. The fourth-order valence-corrected chi connectivity index (χ4v) is 1.14. The number of hydrogen-bond donors (Lipinski definition) is 1. The minimum Gasteiger partial charge on any atom is -0.393 e. The van der Waals surface area contributed by atoms with Crippen molar-refractivity contribution >= 4 is 23.2 Å². The predicted molar refractivity (Wildman–Crippen MR) is 51.6 cm³/mol. The number of hydrogen-bond acceptors (Lipinski definition) is 1. The molecule has 12 heavy (non-hydrogen) atoms. The Bertz CT molecular complexity index is 254. The molecule has 0 unspecified atom stereocenters. The molecule has 0 saturated heterocycles. The van der Waals surface area contributed by atoms with E-state index < -0.39 is 4.33 Å². The summed E-state index contributed by atoms with van der Waals surface area (Å²) in [5.74, 6) is 0. The van der Waals surface area contributed by atoms with Crippen molar-refractivity contribution < 1.29 is 5.11 Å². The third kappa shape index (κ3) is 2.13. The lowest BCUT2D eigenvalue weighted by molar-refractivity contribution is 0.280. The Labute approximate surface area is 81.9 Å². The summed E-state index contributed by atoms with van der Waals surface area (Å²) >= 11 is 11.6. The highest BCUT2D eigenvalue weighted by Gasteiger charge is 2.24. The summed E-state index contributed by atoms with van der Waals surface area (Å²) in [7, 11) is 0. The van der Waals surface area contributed by atoms with E-state index in [0.29, 0.717) is 0 Å². The maximum absolute atomic E-state index is 8.85. The van der Waals surface area contributed by atoms with E-state index >= 15 is 0 Å². The Kier molecular flexibility index (Phi) is 2.99. The van der Waals surface area contributed by atoms with E-state index in [9.17, 15) is 0 Å². The third-order valence-electron chi connectivity index (χ3n) is 1.67. The van der Waals surface area contributed by atoms with Crippen molar-refractivity contribution in [3.63, 3.8) is 0 Å². The van der Waals surface area contributed by atoms with Crippen LogP contribution < -0.4 is 0 Å². The third-order valence-corrected chi connectivity index (χ3v) is 2.35. The molecule has 0 fully saturated rings. The van der Waals surface area contributed by atoms with Crippen LogP contribution in [-0.2, 0) is 4.33 Å². The van der Waals surface area contributed by atoms with Crippen LogP contribution in [0.2, 0.25) is 0 Å². The van der Waals surface area contributed by atoms with Crippen LogP contribution in [0.3, 0.4) is 0 Å². The van der Waals surface area contributed by atoms with Gasteiger partial charge in [-0.25, -0.2) is 0 Å². The van der Waals surface area contributed by atoms with Crippen LogP contribution in [0.15, 0.2) is 24.3 Å². The van der Waals surface area contributed by atoms with Gasteiger partial charge in [0.1, 0.15) is 0 Å². The molecule has 1 N–H and O–H groups in total. The monoisotopic (exact) mass is 204 g/mol. The fraction of sp³-hybridized carbons (Fsp3) is 0.333. The topological polar surface area (TPSA) is 20.2 Å². The molecule has 0 aliphatic heterocycles. The van der Waals surface area contributed by atoms with Crippen LogP contribution in [-0.4, -0.2) is 11.7 Å². The summed E-state index contributed by atoms with van der Waals surface area (Å²) in [6.07, 6.45) is 0. The zero-order valence-electron chi connectivity index (χ0n) is 6.72. The Balaban J connectivity index is 2.96. The summed E-state index contributed by atoms with van der Waals surface area (Å²) in [5.41, 5.74) is 1.86. The first-order valence-corrected chi connectivity index (χ1v) is 4.38. The first kappa shape index (κ1) is 9.85. The highest BCUT2D eigenvalue weighted by atomic mass is 35.5. The number of aliphatic hydroxyl groups is 1. The van der Waals surface area contributed by atoms with E-state index in [1.165, 1.54) is 0 Å². The van der Waals surface area contributed by atoms with E-state index in [2.05, 4.69) is 0 Å². The van der Waals surface area contributed by atoms with Gasteiger partial charge in [-0.05, 0) is 12.5 Å². The smallest absolute Gasteiger partial charge is 0.166 e. The second-order valence-corrected chi connectivity index (χ2v) is 4.21. The van der Waals surface area contributed by atoms with Gasteiger partial charge in [0.05, 0.1) is 6.61 Å². The quantitative estimate of drug-likeness (QED) is 0.735. The van der Waals surface area contributed by atoms with Gasteiger partial charge in [-0.3, -0.25) is 0 Å². The van der Waals surface area contributed by atoms with Gasteiger partial charge in [0, 0.05) is 0 Å². The minimum absolute atomic E-state index is 0.279. The van der Waals surface area contributed by atoms with Crippen LogP contribution in [0.4, 0.5) is 0 Å². The molecule has 0 heterocycles. The number of rotatable bonds is 2. The van der Waals surface area contributed by atoms with Gasteiger partial charge in [0.15, 0.2) is 4.33 Å². The van der Waals surface area contributed by atoms with Gasteiger partial charge in [-0.1, -0.05) is 53.0 Å². The van der Waals surface area contributed by atoms with Crippen LogP contribution in [0.1, 0.15) is 11.1 Å². The van der Waals surface area contributed by atoms with Gasteiger partial charge < -0.3 is 5.11 Å². The highest BCUT2D eigenvalue weighted by molar-refractivity contribution is 6.48. The Morgan fingerprint density at radius 2 is 1.75 bits per heavy atom. The molecule has 0 aromatic heterocycles. The first-order valence-electron chi connectivity index (χ1n) is 3.62. The van der Waals surface area contributed by atoms with Crippen molar-refractivity contribution in [2.45, 2.75) is 11.3 Å². The van der Waals surface area contributed by atoms with Crippen LogP contribution in [0, 0.1) is 6.92 Å². The summed E-state index contributed by atoms with van der Waals surface area (Å²) < 4.78 is -1.17. The SMILES string of the molecule is Cc1ccc(C(Cl)(Cl)CO)cc1. The van der Waals surface area contributed by atoms with Gasteiger partial charge in [-0.15, -0.1) is 0 Å². The maximum atomic E-state index is 8.85. The Morgan fingerprint density at radius 3 is 2.17 bits per heavy atom. The summed E-state index contributed by atoms with van der Waals surface area (Å²) in [6.45, 7) is 1.70. The molecule has 0 aliphatic carbocycles. The van der Waals surface area contributed by atoms with Crippen molar-refractivity contribution in [3.05, 3.63) is 35.4 Å². The molecule has 0 atom stereocenters. The Morgan fingerprint density at radius 1 is 1.25 bits per heavy atom. The van der Waals surface area contributed by atoms with E-state index in [-0.39, 0.29) is 6.61 Å². The van der Waals surface area contributed by atoms with Gasteiger partial charge in [0.25, 0.3) is 0 Å². The summed E-state index contributed by atoms with van der Waals surface area (Å²) in [4.78, 5) is 0. The van der Waals surface area contributed by atoms with E-state index in [1.807, 2.05) is 31.2 Å². The lowest BCUT2D eigenvalue weighted by Crippen LogP contribution is -2.15. The van der Waals surface area contributed by atoms with Gasteiger partial charge in [-0.2, -0.15) is 0 Å². The van der Waals surface area contributed by atoms with Crippen molar-refractivity contribution in [1.82, 2.24) is 0 Å².